The van der Waals surface area contributed by atoms with Crippen LogP contribution < -0.4 is 10.2 Å². The van der Waals surface area contributed by atoms with Gasteiger partial charge in [0.2, 0.25) is 0 Å². The number of alkyl halides is 3. The number of para-hydroxylation sites is 1. The van der Waals surface area contributed by atoms with Crippen LogP contribution in [0, 0.1) is 0 Å². The van der Waals surface area contributed by atoms with Crippen molar-refractivity contribution in [2.24, 2.45) is 0 Å². The minimum Gasteiger partial charge on any atom is -0.443 e. The van der Waals surface area contributed by atoms with Gasteiger partial charge >= 0.3 is 12.3 Å². The summed E-state index contributed by atoms with van der Waals surface area (Å²) in [5.41, 5.74) is 0.975. The van der Waals surface area contributed by atoms with Gasteiger partial charge in [0.25, 0.3) is 0 Å². The van der Waals surface area contributed by atoms with Crippen LogP contribution in [0.1, 0.15) is 43.5 Å². The maximum Gasteiger partial charge on any atom is 0.416 e. The highest BCUT2D eigenvalue weighted by Gasteiger charge is 2.32. The number of halogens is 3. The van der Waals surface area contributed by atoms with E-state index in [0.29, 0.717) is 12.1 Å². The predicted molar refractivity (Wildman–Crippen MR) is 101 cm³/mol. The topological polar surface area (TPSA) is 41.6 Å². The van der Waals surface area contributed by atoms with Crippen LogP contribution in [-0.2, 0) is 17.5 Å². The molecule has 7 heteroatoms. The van der Waals surface area contributed by atoms with Gasteiger partial charge in [-0.05, 0) is 50.1 Å². The lowest BCUT2D eigenvalue weighted by Crippen LogP contribution is -2.40. The molecule has 150 valence electrons. The summed E-state index contributed by atoms with van der Waals surface area (Å²) < 4.78 is 44.1. The molecule has 0 fully saturated rings. The maximum absolute atomic E-state index is 12.8. The molecule has 1 N–H and O–H groups in total. The lowest BCUT2D eigenvalue weighted by Gasteiger charge is -2.29. The maximum atomic E-state index is 12.8. The van der Waals surface area contributed by atoms with Crippen LogP contribution in [0.3, 0.4) is 0 Å². The highest BCUT2D eigenvalue weighted by molar-refractivity contribution is 5.89. The molecule has 4 nitrogen and oxygen atoms in total. The Morgan fingerprint density at radius 3 is 2.32 bits per heavy atom. The molecule has 0 radical (unpaired) electrons. The van der Waals surface area contributed by atoms with E-state index in [9.17, 15) is 18.0 Å². The van der Waals surface area contributed by atoms with Crippen LogP contribution in [0.15, 0.2) is 48.5 Å². The first-order valence-electron chi connectivity index (χ1n) is 9.03. The van der Waals surface area contributed by atoms with E-state index < -0.39 is 23.4 Å². The van der Waals surface area contributed by atoms with Crippen molar-refractivity contribution in [2.75, 3.05) is 11.4 Å². The Labute approximate surface area is 162 Å². The van der Waals surface area contributed by atoms with Crippen molar-refractivity contribution in [3.63, 3.8) is 0 Å². The molecule has 0 saturated heterocycles. The van der Waals surface area contributed by atoms with Gasteiger partial charge in [0.15, 0.2) is 0 Å². The molecule has 1 unspecified atom stereocenters. The smallest absolute Gasteiger partial charge is 0.416 e. The van der Waals surface area contributed by atoms with Gasteiger partial charge in [0.05, 0.1) is 17.3 Å². The molecule has 1 atom stereocenters. The van der Waals surface area contributed by atoms with Crippen LogP contribution in [0.5, 0.6) is 0 Å². The number of nitrogens with one attached hydrogen (secondary N) is 1. The number of anilines is 1. The second kappa shape index (κ2) is 7.47. The lowest BCUT2D eigenvalue weighted by molar-refractivity contribution is -0.137. The van der Waals surface area contributed by atoms with Crippen LogP contribution in [0.4, 0.5) is 23.7 Å². The molecule has 0 spiro atoms. The van der Waals surface area contributed by atoms with Gasteiger partial charge in [-0.1, -0.05) is 30.3 Å². The molecule has 0 aromatic heterocycles. The van der Waals surface area contributed by atoms with Crippen molar-refractivity contribution in [2.45, 2.75) is 45.1 Å². The van der Waals surface area contributed by atoms with Crippen molar-refractivity contribution in [3.8, 4) is 0 Å². The predicted octanol–water partition coefficient (Wildman–Crippen LogP) is 5.29. The summed E-state index contributed by atoms with van der Waals surface area (Å²) >= 11 is 0. The normalized spacial score (nSPS) is 17.6. The summed E-state index contributed by atoms with van der Waals surface area (Å²) in [6, 6.07) is 12.2. The standard InChI is InChI=1S/C21H23F3N2O2/c1-20(2,3)28-19(27)26-13-17(25-12-15-6-4-5-7-18(15)26)14-8-10-16(11-9-14)21(22,23)24/h4-11,17,25H,12-13H2,1-3H3. The van der Waals surface area contributed by atoms with Crippen molar-refractivity contribution < 1.29 is 22.7 Å². The summed E-state index contributed by atoms with van der Waals surface area (Å²) in [5.74, 6) is 0. The first-order chi connectivity index (χ1) is 13.0. The summed E-state index contributed by atoms with van der Waals surface area (Å²) in [6.45, 7) is 6.11. The van der Waals surface area contributed by atoms with Crippen LogP contribution in [-0.4, -0.2) is 18.2 Å². The number of fused-ring (bicyclic) bond motifs is 1. The van der Waals surface area contributed by atoms with E-state index in [0.717, 1.165) is 23.4 Å². The number of rotatable bonds is 1. The number of nitrogens with zero attached hydrogens (tertiary/aromatic N) is 1. The lowest BCUT2D eigenvalue weighted by atomic mass is 10.0. The Balaban J connectivity index is 1.91. The Morgan fingerprint density at radius 2 is 1.71 bits per heavy atom. The Kier molecular flexibility index (Phi) is 5.39. The van der Waals surface area contributed by atoms with Gasteiger partial charge in [0, 0.05) is 13.1 Å². The third-order valence-corrected chi connectivity index (χ3v) is 4.44. The average molecular weight is 392 g/mol. The largest absolute Gasteiger partial charge is 0.443 e. The first-order valence-corrected chi connectivity index (χ1v) is 9.03. The fourth-order valence-corrected chi connectivity index (χ4v) is 3.12. The molecule has 1 amide bonds. The zero-order valence-corrected chi connectivity index (χ0v) is 16.0. The van der Waals surface area contributed by atoms with E-state index in [1.54, 1.807) is 25.7 Å². The van der Waals surface area contributed by atoms with Crippen LogP contribution in [0.2, 0.25) is 0 Å². The first kappa shape index (κ1) is 20.2. The van der Waals surface area contributed by atoms with Crippen LogP contribution >= 0.6 is 0 Å². The summed E-state index contributed by atoms with van der Waals surface area (Å²) in [5, 5.41) is 3.33. The number of carbonyl (C=O) groups excluding carboxylic acids is 1. The minimum atomic E-state index is -4.38. The summed E-state index contributed by atoms with van der Waals surface area (Å²) in [6.07, 6.45) is -4.87. The molecule has 1 aliphatic heterocycles. The van der Waals surface area contributed by atoms with Gasteiger partial charge in [-0.2, -0.15) is 13.2 Å². The molecule has 0 saturated carbocycles. The van der Waals surface area contributed by atoms with Gasteiger partial charge < -0.3 is 10.1 Å². The molecule has 0 bridgehead atoms. The monoisotopic (exact) mass is 392 g/mol. The quantitative estimate of drug-likeness (QED) is 0.717. The fourth-order valence-electron chi connectivity index (χ4n) is 3.12. The van der Waals surface area contributed by atoms with E-state index in [-0.39, 0.29) is 12.6 Å². The van der Waals surface area contributed by atoms with Gasteiger partial charge in [-0.25, -0.2) is 4.79 Å². The molecule has 2 aromatic rings. The van der Waals surface area contributed by atoms with E-state index in [1.165, 1.54) is 12.1 Å². The van der Waals surface area contributed by atoms with E-state index >= 15 is 0 Å². The van der Waals surface area contributed by atoms with Gasteiger partial charge in [-0.3, -0.25) is 4.90 Å². The zero-order valence-electron chi connectivity index (χ0n) is 16.0. The van der Waals surface area contributed by atoms with Crippen molar-refractivity contribution in [1.82, 2.24) is 5.32 Å². The number of carbonyl (C=O) groups is 1. The molecule has 0 aliphatic carbocycles. The average Bonchev–Trinajstić information content (AvgIpc) is 2.80. The van der Waals surface area contributed by atoms with Crippen molar-refractivity contribution >= 4 is 11.8 Å². The number of hydrogen-bond donors (Lipinski definition) is 1. The SMILES string of the molecule is CC(C)(C)OC(=O)N1CC(c2ccc(C(F)(F)F)cc2)NCc2ccccc21. The third kappa shape index (κ3) is 4.65. The van der Waals surface area contributed by atoms with Crippen molar-refractivity contribution in [3.05, 3.63) is 65.2 Å². The molecule has 3 rings (SSSR count). The summed E-state index contributed by atoms with van der Waals surface area (Å²) in [7, 11) is 0. The number of hydrogen-bond acceptors (Lipinski definition) is 3. The molecule has 28 heavy (non-hydrogen) atoms. The highest BCUT2D eigenvalue weighted by atomic mass is 19.4. The van der Waals surface area contributed by atoms with E-state index in [4.69, 9.17) is 4.74 Å². The molecule has 1 aliphatic rings. The second-order valence-electron chi connectivity index (χ2n) is 7.77. The Hall–Kier alpha value is -2.54. The van der Waals surface area contributed by atoms with Crippen LogP contribution in [0.25, 0.3) is 0 Å². The second-order valence-corrected chi connectivity index (χ2v) is 7.77. The fraction of sp³-hybridized carbons (Fsp3) is 0.381. The zero-order chi connectivity index (χ0) is 20.5. The highest BCUT2D eigenvalue weighted by Crippen LogP contribution is 2.32. The number of amides is 1. The third-order valence-electron chi connectivity index (χ3n) is 4.44. The molecular weight excluding hydrogens is 369 g/mol. The minimum absolute atomic E-state index is 0.247. The molecule has 2 aromatic carbocycles. The van der Waals surface area contributed by atoms with Crippen molar-refractivity contribution in [1.29, 1.82) is 0 Å². The summed E-state index contributed by atoms with van der Waals surface area (Å²) in [4.78, 5) is 14.4. The van der Waals surface area contributed by atoms with E-state index in [1.807, 2.05) is 24.3 Å². The van der Waals surface area contributed by atoms with Gasteiger partial charge in [0.1, 0.15) is 5.60 Å². The Bertz CT molecular complexity index is 842. The Morgan fingerprint density at radius 1 is 1.07 bits per heavy atom. The number of benzene rings is 2. The van der Waals surface area contributed by atoms with E-state index in [2.05, 4.69) is 5.32 Å². The van der Waals surface area contributed by atoms with Gasteiger partial charge in [-0.15, -0.1) is 0 Å². The number of ether oxygens (including phenoxy) is 1. The molecule has 1 heterocycles. The molecular formula is C21H23F3N2O2.